The first-order chi connectivity index (χ1) is 7.69. The van der Waals surface area contributed by atoms with E-state index in [0.29, 0.717) is 5.56 Å². The van der Waals surface area contributed by atoms with Gasteiger partial charge in [-0.1, -0.05) is 31.9 Å². The van der Waals surface area contributed by atoms with E-state index in [4.69, 9.17) is 10.8 Å². The summed E-state index contributed by atoms with van der Waals surface area (Å²) in [6.45, 7) is 2.02. The van der Waals surface area contributed by atoms with Crippen LogP contribution >= 0.6 is 0 Å². The molecule has 1 rings (SSSR count). The van der Waals surface area contributed by atoms with E-state index < -0.39 is 6.04 Å². The molecule has 0 spiro atoms. The van der Waals surface area contributed by atoms with Crippen LogP contribution in [0, 0.1) is 0 Å². The molecule has 0 radical (unpaired) electrons. The van der Waals surface area contributed by atoms with Crippen molar-refractivity contribution in [2.45, 2.75) is 38.6 Å². The summed E-state index contributed by atoms with van der Waals surface area (Å²) in [7, 11) is 0. The van der Waals surface area contributed by atoms with Gasteiger partial charge < -0.3 is 15.9 Å². The number of aryl methyl sites for hydroxylation is 1. The summed E-state index contributed by atoms with van der Waals surface area (Å²) in [4.78, 5) is 0. The van der Waals surface area contributed by atoms with Crippen molar-refractivity contribution in [3.05, 3.63) is 29.3 Å². The molecule has 0 saturated heterocycles. The normalized spacial score (nSPS) is 12.7. The van der Waals surface area contributed by atoms with E-state index in [1.165, 1.54) is 18.4 Å². The van der Waals surface area contributed by atoms with Gasteiger partial charge in [-0.25, -0.2) is 0 Å². The summed E-state index contributed by atoms with van der Waals surface area (Å²) in [5.74, 6) is 0.167. The van der Waals surface area contributed by atoms with Crippen LogP contribution < -0.4 is 5.73 Å². The fourth-order valence-corrected chi connectivity index (χ4v) is 1.73. The predicted molar refractivity (Wildman–Crippen MR) is 65.4 cm³/mol. The number of nitrogens with two attached hydrogens (primary N) is 1. The van der Waals surface area contributed by atoms with Gasteiger partial charge in [0.05, 0.1) is 12.6 Å². The SMILES string of the molecule is CCCCCc1ccc(O)c([C@@H](N)CO)c1. The van der Waals surface area contributed by atoms with E-state index >= 15 is 0 Å². The number of rotatable bonds is 6. The van der Waals surface area contributed by atoms with Gasteiger partial charge in [0.1, 0.15) is 5.75 Å². The molecule has 1 aromatic rings. The molecule has 0 unspecified atom stereocenters. The zero-order valence-corrected chi connectivity index (χ0v) is 9.82. The third kappa shape index (κ3) is 3.51. The van der Waals surface area contributed by atoms with Crippen molar-refractivity contribution in [2.75, 3.05) is 6.61 Å². The lowest BCUT2D eigenvalue weighted by atomic mass is 10.0. The maximum Gasteiger partial charge on any atom is 0.120 e. The molecule has 0 aliphatic rings. The molecule has 0 amide bonds. The Hall–Kier alpha value is -1.06. The lowest BCUT2D eigenvalue weighted by molar-refractivity contribution is 0.265. The number of phenols is 1. The number of aromatic hydroxyl groups is 1. The maximum atomic E-state index is 9.62. The van der Waals surface area contributed by atoms with Gasteiger partial charge in [-0.2, -0.15) is 0 Å². The molecule has 4 N–H and O–H groups in total. The molecule has 1 aromatic carbocycles. The number of unbranched alkanes of at least 4 members (excludes halogenated alkanes) is 2. The fraction of sp³-hybridized carbons (Fsp3) is 0.538. The smallest absolute Gasteiger partial charge is 0.120 e. The second kappa shape index (κ2) is 6.51. The highest BCUT2D eigenvalue weighted by Crippen LogP contribution is 2.24. The first kappa shape index (κ1) is 13.0. The van der Waals surface area contributed by atoms with E-state index in [9.17, 15) is 5.11 Å². The summed E-state index contributed by atoms with van der Waals surface area (Å²) in [6, 6.07) is 4.97. The van der Waals surface area contributed by atoms with Crippen molar-refractivity contribution in [3.63, 3.8) is 0 Å². The van der Waals surface area contributed by atoms with Gasteiger partial charge in [0, 0.05) is 5.56 Å². The minimum atomic E-state index is -0.494. The standard InChI is InChI=1S/C13H21NO2/c1-2-3-4-5-10-6-7-13(16)11(8-10)12(14)9-15/h6-8,12,15-16H,2-5,9,14H2,1H3/t12-/m0/s1. The molecule has 3 heteroatoms. The Morgan fingerprint density at radius 2 is 2.06 bits per heavy atom. The lowest BCUT2D eigenvalue weighted by Gasteiger charge is -2.12. The van der Waals surface area contributed by atoms with Crippen LogP contribution in [-0.2, 0) is 6.42 Å². The number of benzene rings is 1. The zero-order valence-electron chi connectivity index (χ0n) is 9.82. The topological polar surface area (TPSA) is 66.5 Å². The summed E-state index contributed by atoms with van der Waals surface area (Å²) in [5.41, 5.74) is 7.52. The molecule has 0 aliphatic heterocycles. The van der Waals surface area contributed by atoms with Gasteiger partial charge in [-0.3, -0.25) is 0 Å². The van der Waals surface area contributed by atoms with E-state index in [0.717, 1.165) is 12.8 Å². The summed E-state index contributed by atoms with van der Waals surface area (Å²) in [5, 5.41) is 18.6. The quantitative estimate of drug-likeness (QED) is 0.647. The van der Waals surface area contributed by atoms with Crippen molar-refractivity contribution in [1.82, 2.24) is 0 Å². The van der Waals surface area contributed by atoms with Crippen LogP contribution in [0.3, 0.4) is 0 Å². The highest BCUT2D eigenvalue weighted by Gasteiger charge is 2.10. The van der Waals surface area contributed by atoms with Crippen molar-refractivity contribution < 1.29 is 10.2 Å². The number of hydrogen-bond donors (Lipinski definition) is 3. The van der Waals surface area contributed by atoms with Crippen LogP contribution in [0.2, 0.25) is 0 Å². The second-order valence-electron chi connectivity index (χ2n) is 4.14. The van der Waals surface area contributed by atoms with Gasteiger partial charge in [-0.05, 0) is 24.5 Å². The van der Waals surface area contributed by atoms with Crippen molar-refractivity contribution in [2.24, 2.45) is 5.73 Å². The molecule has 0 heterocycles. The highest BCUT2D eigenvalue weighted by atomic mass is 16.3. The Kier molecular flexibility index (Phi) is 5.29. The third-order valence-electron chi connectivity index (χ3n) is 2.76. The minimum Gasteiger partial charge on any atom is -0.508 e. The molecule has 0 saturated carbocycles. The van der Waals surface area contributed by atoms with Gasteiger partial charge in [0.25, 0.3) is 0 Å². The Labute approximate surface area is 96.9 Å². The van der Waals surface area contributed by atoms with Crippen LogP contribution in [0.5, 0.6) is 5.75 Å². The molecule has 0 fully saturated rings. The highest BCUT2D eigenvalue weighted by molar-refractivity contribution is 5.38. The van der Waals surface area contributed by atoms with Crippen LogP contribution in [0.25, 0.3) is 0 Å². The van der Waals surface area contributed by atoms with Crippen LogP contribution in [0.4, 0.5) is 0 Å². The van der Waals surface area contributed by atoms with E-state index in [2.05, 4.69) is 6.92 Å². The average molecular weight is 223 g/mol. The second-order valence-corrected chi connectivity index (χ2v) is 4.14. The Balaban J connectivity index is 2.73. The molecule has 3 nitrogen and oxygen atoms in total. The summed E-state index contributed by atoms with van der Waals surface area (Å²) < 4.78 is 0. The molecular weight excluding hydrogens is 202 g/mol. The summed E-state index contributed by atoms with van der Waals surface area (Å²) >= 11 is 0. The molecule has 0 bridgehead atoms. The van der Waals surface area contributed by atoms with E-state index in [1.807, 2.05) is 12.1 Å². The monoisotopic (exact) mass is 223 g/mol. The predicted octanol–water partition coefficient (Wildman–Crippen LogP) is 2.12. The molecular formula is C13H21NO2. The van der Waals surface area contributed by atoms with Crippen molar-refractivity contribution >= 4 is 0 Å². The molecule has 0 aromatic heterocycles. The van der Waals surface area contributed by atoms with Crippen molar-refractivity contribution in [1.29, 1.82) is 0 Å². The molecule has 90 valence electrons. The van der Waals surface area contributed by atoms with Gasteiger partial charge in [0.2, 0.25) is 0 Å². The van der Waals surface area contributed by atoms with E-state index in [-0.39, 0.29) is 12.4 Å². The van der Waals surface area contributed by atoms with Crippen LogP contribution in [-0.4, -0.2) is 16.8 Å². The van der Waals surface area contributed by atoms with Crippen molar-refractivity contribution in [3.8, 4) is 5.75 Å². The van der Waals surface area contributed by atoms with Gasteiger partial charge in [0.15, 0.2) is 0 Å². The minimum absolute atomic E-state index is 0.147. The van der Waals surface area contributed by atoms with Gasteiger partial charge >= 0.3 is 0 Å². The lowest BCUT2D eigenvalue weighted by Crippen LogP contribution is -2.14. The number of phenolic OH excluding ortho intramolecular Hbond substituents is 1. The fourth-order valence-electron chi connectivity index (χ4n) is 1.73. The molecule has 16 heavy (non-hydrogen) atoms. The first-order valence-corrected chi connectivity index (χ1v) is 5.87. The van der Waals surface area contributed by atoms with Crippen LogP contribution in [0.1, 0.15) is 43.4 Å². The molecule has 0 aliphatic carbocycles. The number of aliphatic hydroxyl groups is 1. The largest absolute Gasteiger partial charge is 0.508 e. The average Bonchev–Trinajstić information content (AvgIpc) is 2.30. The zero-order chi connectivity index (χ0) is 12.0. The Morgan fingerprint density at radius 1 is 1.31 bits per heavy atom. The van der Waals surface area contributed by atoms with Crippen LogP contribution in [0.15, 0.2) is 18.2 Å². The third-order valence-corrected chi connectivity index (χ3v) is 2.76. The van der Waals surface area contributed by atoms with E-state index in [1.54, 1.807) is 6.07 Å². The number of hydrogen-bond acceptors (Lipinski definition) is 3. The number of aliphatic hydroxyl groups excluding tert-OH is 1. The Bertz CT molecular complexity index is 326. The Morgan fingerprint density at radius 3 is 2.69 bits per heavy atom. The maximum absolute atomic E-state index is 9.62. The summed E-state index contributed by atoms with van der Waals surface area (Å²) in [6.07, 6.45) is 4.55. The molecule has 1 atom stereocenters. The van der Waals surface area contributed by atoms with Gasteiger partial charge in [-0.15, -0.1) is 0 Å². The first-order valence-electron chi connectivity index (χ1n) is 5.87.